The van der Waals surface area contributed by atoms with E-state index < -0.39 is 10.0 Å². The molecule has 0 saturated heterocycles. The summed E-state index contributed by atoms with van der Waals surface area (Å²) in [6.45, 7) is 3.75. The van der Waals surface area contributed by atoms with Gasteiger partial charge in [-0.3, -0.25) is 9.10 Å². The van der Waals surface area contributed by atoms with Crippen LogP contribution in [-0.4, -0.2) is 34.2 Å². The van der Waals surface area contributed by atoms with E-state index in [9.17, 15) is 13.2 Å². The van der Waals surface area contributed by atoms with Crippen LogP contribution in [0.5, 0.6) is 5.75 Å². The zero-order valence-corrected chi connectivity index (χ0v) is 16.3. The number of ether oxygens (including phenoxy) is 1. The second-order valence-corrected chi connectivity index (χ2v) is 8.09. The third-order valence-corrected chi connectivity index (χ3v) is 5.10. The molecule has 2 aromatic carbocycles. The number of carbonyl (C=O) groups excluding carboxylic acids is 1. The Hall–Kier alpha value is -2.54. The minimum Gasteiger partial charge on any atom is -0.497 e. The van der Waals surface area contributed by atoms with Gasteiger partial charge in [0.1, 0.15) is 12.3 Å². The highest BCUT2D eigenvalue weighted by atomic mass is 32.2. The highest BCUT2D eigenvalue weighted by molar-refractivity contribution is 7.92. The number of nitrogens with one attached hydrogen (secondary N) is 1. The van der Waals surface area contributed by atoms with Gasteiger partial charge in [-0.25, -0.2) is 8.42 Å². The molecule has 0 heterocycles. The lowest BCUT2D eigenvalue weighted by Crippen LogP contribution is -2.40. The molecule has 0 saturated carbocycles. The van der Waals surface area contributed by atoms with E-state index in [2.05, 4.69) is 5.32 Å². The van der Waals surface area contributed by atoms with E-state index in [1.165, 1.54) is 0 Å². The first-order chi connectivity index (χ1) is 12.2. The molecule has 0 atom stereocenters. The maximum Gasteiger partial charge on any atom is 0.241 e. The first-order valence-electron chi connectivity index (χ1n) is 8.15. The molecule has 0 unspecified atom stereocenters. The van der Waals surface area contributed by atoms with Crippen LogP contribution in [0.25, 0.3) is 0 Å². The molecule has 2 rings (SSSR count). The summed E-state index contributed by atoms with van der Waals surface area (Å²) in [5.41, 5.74) is 3.14. The Labute approximate surface area is 154 Å². The largest absolute Gasteiger partial charge is 0.497 e. The molecule has 1 N–H and O–H groups in total. The molecule has 2 aromatic rings. The normalized spacial score (nSPS) is 11.1. The molecule has 6 nitrogen and oxygen atoms in total. The van der Waals surface area contributed by atoms with Crippen molar-refractivity contribution in [3.05, 3.63) is 59.2 Å². The summed E-state index contributed by atoms with van der Waals surface area (Å²) in [6, 6.07) is 12.8. The summed E-state index contributed by atoms with van der Waals surface area (Å²) < 4.78 is 30.6. The second kappa shape index (κ2) is 8.23. The highest BCUT2D eigenvalue weighted by Gasteiger charge is 2.22. The van der Waals surface area contributed by atoms with Gasteiger partial charge in [-0.2, -0.15) is 0 Å². The monoisotopic (exact) mass is 376 g/mol. The Morgan fingerprint density at radius 2 is 1.77 bits per heavy atom. The van der Waals surface area contributed by atoms with Crippen LogP contribution in [0.4, 0.5) is 5.69 Å². The number of sulfonamides is 1. The lowest BCUT2D eigenvalue weighted by Gasteiger charge is -2.24. The Morgan fingerprint density at radius 3 is 2.35 bits per heavy atom. The number of benzene rings is 2. The molecular formula is C19H24N2O4S. The van der Waals surface area contributed by atoms with Gasteiger partial charge in [0, 0.05) is 6.54 Å². The molecule has 140 valence electrons. The lowest BCUT2D eigenvalue weighted by molar-refractivity contribution is -0.119. The summed E-state index contributed by atoms with van der Waals surface area (Å²) in [5.74, 6) is 0.366. The highest BCUT2D eigenvalue weighted by Crippen LogP contribution is 2.23. The van der Waals surface area contributed by atoms with Crippen LogP contribution in [0.15, 0.2) is 42.5 Å². The number of rotatable bonds is 7. The van der Waals surface area contributed by atoms with E-state index in [-0.39, 0.29) is 12.5 Å². The Bertz CT molecular complexity index is 877. The van der Waals surface area contributed by atoms with Crippen LogP contribution in [0.3, 0.4) is 0 Å². The summed E-state index contributed by atoms with van der Waals surface area (Å²) in [7, 11) is -2.00. The van der Waals surface area contributed by atoms with Gasteiger partial charge in [-0.15, -0.1) is 0 Å². The van der Waals surface area contributed by atoms with Crippen molar-refractivity contribution in [2.24, 2.45) is 0 Å². The van der Waals surface area contributed by atoms with Gasteiger partial charge in [-0.1, -0.05) is 24.3 Å². The van der Waals surface area contributed by atoms with Gasteiger partial charge >= 0.3 is 0 Å². The van der Waals surface area contributed by atoms with Crippen LogP contribution in [-0.2, 0) is 21.4 Å². The van der Waals surface area contributed by atoms with Crippen LogP contribution in [0.2, 0.25) is 0 Å². The predicted octanol–water partition coefficient (Wildman–Crippen LogP) is 2.39. The number of aryl methyl sites for hydroxylation is 2. The Morgan fingerprint density at radius 1 is 1.12 bits per heavy atom. The predicted molar refractivity (Wildman–Crippen MR) is 103 cm³/mol. The van der Waals surface area contributed by atoms with Crippen molar-refractivity contribution >= 4 is 21.6 Å². The number of amides is 1. The SMILES string of the molecule is COc1ccc(CNC(=O)CN(c2cc(C)ccc2C)S(C)(=O)=O)cc1. The fourth-order valence-corrected chi connectivity index (χ4v) is 3.41. The molecular weight excluding hydrogens is 352 g/mol. The Balaban J connectivity index is 2.10. The van der Waals surface area contributed by atoms with Crippen molar-refractivity contribution < 1.29 is 17.9 Å². The molecule has 0 aliphatic rings. The van der Waals surface area contributed by atoms with Crippen molar-refractivity contribution in [1.29, 1.82) is 0 Å². The van der Waals surface area contributed by atoms with Gasteiger partial charge in [0.2, 0.25) is 15.9 Å². The molecule has 0 radical (unpaired) electrons. The molecule has 0 spiro atoms. The summed E-state index contributed by atoms with van der Waals surface area (Å²) in [6.07, 6.45) is 1.10. The number of hydrogen-bond donors (Lipinski definition) is 1. The van der Waals surface area contributed by atoms with E-state index in [0.29, 0.717) is 12.2 Å². The molecule has 0 fully saturated rings. The van der Waals surface area contributed by atoms with Crippen LogP contribution in [0, 0.1) is 13.8 Å². The average molecular weight is 376 g/mol. The fraction of sp³-hybridized carbons (Fsp3) is 0.316. The molecule has 0 aliphatic heterocycles. The summed E-state index contributed by atoms with van der Waals surface area (Å²) in [5, 5.41) is 2.76. The smallest absolute Gasteiger partial charge is 0.241 e. The molecule has 0 aliphatic carbocycles. The molecule has 7 heteroatoms. The summed E-state index contributed by atoms with van der Waals surface area (Å²) >= 11 is 0. The molecule has 0 bridgehead atoms. The van der Waals surface area contributed by atoms with E-state index in [4.69, 9.17) is 4.74 Å². The summed E-state index contributed by atoms with van der Waals surface area (Å²) in [4.78, 5) is 12.3. The standard InChI is InChI=1S/C19H24N2O4S/c1-14-5-6-15(2)18(11-14)21(26(4,23)24)13-19(22)20-12-16-7-9-17(25-3)10-8-16/h5-11H,12-13H2,1-4H3,(H,20,22). The molecule has 26 heavy (non-hydrogen) atoms. The van der Waals surface area contributed by atoms with Gasteiger partial charge in [0.25, 0.3) is 0 Å². The third-order valence-electron chi connectivity index (χ3n) is 3.97. The van der Waals surface area contributed by atoms with Crippen LogP contribution >= 0.6 is 0 Å². The lowest BCUT2D eigenvalue weighted by atomic mass is 10.1. The van der Waals surface area contributed by atoms with E-state index >= 15 is 0 Å². The maximum atomic E-state index is 12.3. The topological polar surface area (TPSA) is 75.7 Å². The van der Waals surface area contributed by atoms with E-state index in [1.807, 2.05) is 38.1 Å². The van der Waals surface area contributed by atoms with Crippen molar-refractivity contribution in [2.75, 3.05) is 24.2 Å². The number of carbonyl (C=O) groups is 1. The minimum absolute atomic E-state index is 0.265. The number of methoxy groups -OCH3 is 1. The fourth-order valence-electron chi connectivity index (χ4n) is 2.50. The van der Waals surface area contributed by atoms with Crippen molar-refractivity contribution in [2.45, 2.75) is 20.4 Å². The van der Waals surface area contributed by atoms with Crippen molar-refractivity contribution in [3.63, 3.8) is 0 Å². The van der Waals surface area contributed by atoms with Gasteiger partial charge in [-0.05, 0) is 48.7 Å². The average Bonchev–Trinajstić information content (AvgIpc) is 2.59. The molecule has 0 aromatic heterocycles. The first kappa shape index (κ1) is 19.8. The van der Waals surface area contributed by atoms with Gasteiger partial charge in [0.05, 0.1) is 19.1 Å². The van der Waals surface area contributed by atoms with Gasteiger partial charge < -0.3 is 10.1 Å². The Kier molecular flexibility index (Phi) is 6.26. The van der Waals surface area contributed by atoms with Gasteiger partial charge in [0.15, 0.2) is 0 Å². The third kappa shape index (κ3) is 5.23. The number of hydrogen-bond acceptors (Lipinski definition) is 4. The number of nitrogens with zero attached hydrogens (tertiary/aromatic N) is 1. The maximum absolute atomic E-state index is 12.3. The van der Waals surface area contributed by atoms with Crippen molar-refractivity contribution in [1.82, 2.24) is 5.32 Å². The molecule has 1 amide bonds. The first-order valence-corrected chi connectivity index (χ1v) is 10.00. The van der Waals surface area contributed by atoms with E-state index in [1.54, 1.807) is 25.3 Å². The minimum atomic E-state index is -3.59. The van der Waals surface area contributed by atoms with Crippen LogP contribution in [0.1, 0.15) is 16.7 Å². The van der Waals surface area contributed by atoms with Crippen molar-refractivity contribution in [3.8, 4) is 5.75 Å². The quantitative estimate of drug-likeness (QED) is 0.805. The second-order valence-electron chi connectivity index (χ2n) is 6.18. The van der Waals surface area contributed by atoms with Crippen LogP contribution < -0.4 is 14.4 Å². The zero-order chi connectivity index (χ0) is 19.3. The number of anilines is 1. The zero-order valence-electron chi connectivity index (χ0n) is 15.4. The van der Waals surface area contributed by atoms with E-state index in [0.717, 1.165) is 33.0 Å².